The molecule has 1 aliphatic heterocycles. The first-order chi connectivity index (χ1) is 15.3. The highest BCUT2D eigenvalue weighted by Crippen LogP contribution is 2.39. The predicted octanol–water partition coefficient (Wildman–Crippen LogP) is 5.00. The zero-order valence-corrected chi connectivity index (χ0v) is 17.4. The van der Waals surface area contributed by atoms with Crippen LogP contribution in [0.5, 0.6) is 5.75 Å². The summed E-state index contributed by atoms with van der Waals surface area (Å²) < 4.78 is 11.7. The second kappa shape index (κ2) is 8.65. The Balaban J connectivity index is 1.37. The van der Waals surface area contributed by atoms with E-state index in [1.54, 1.807) is 0 Å². The maximum Gasteiger partial charge on any atom is 0.277 e. The van der Waals surface area contributed by atoms with E-state index in [9.17, 15) is 4.79 Å². The van der Waals surface area contributed by atoms with Gasteiger partial charge in [0.05, 0.1) is 17.5 Å². The van der Waals surface area contributed by atoms with E-state index in [2.05, 4.69) is 10.2 Å². The first-order valence-corrected chi connectivity index (χ1v) is 10.9. The normalized spacial score (nSPS) is 15.2. The largest absolute Gasteiger partial charge is 0.489 e. The van der Waals surface area contributed by atoms with Crippen LogP contribution in [0.25, 0.3) is 11.5 Å². The molecule has 0 bridgehead atoms. The maximum absolute atomic E-state index is 13.4. The van der Waals surface area contributed by atoms with Gasteiger partial charge in [0.1, 0.15) is 12.4 Å². The summed E-state index contributed by atoms with van der Waals surface area (Å²) in [5.41, 5.74) is 2.64. The standard InChI is InChI=1S/C24H19N3O3S/c28-22(16-31-24-26-25-23(30-24)18-11-5-2-6-12-18)27-19-13-7-8-14-21(19)29-15-20(27)17-9-3-1-4-10-17/h1-14,20H,15-16H2/t20-/m0/s1. The third kappa shape index (κ3) is 4.04. The average Bonchev–Trinajstić information content (AvgIpc) is 3.32. The van der Waals surface area contributed by atoms with E-state index >= 15 is 0 Å². The molecule has 3 aromatic carbocycles. The van der Waals surface area contributed by atoms with Gasteiger partial charge in [0.25, 0.3) is 5.22 Å². The minimum Gasteiger partial charge on any atom is -0.489 e. The van der Waals surface area contributed by atoms with Gasteiger partial charge < -0.3 is 9.15 Å². The van der Waals surface area contributed by atoms with Crippen LogP contribution in [0.15, 0.2) is 94.6 Å². The number of carbonyl (C=O) groups is 1. The molecular weight excluding hydrogens is 410 g/mol. The first-order valence-electron chi connectivity index (χ1n) is 9.90. The fourth-order valence-corrected chi connectivity index (χ4v) is 4.20. The van der Waals surface area contributed by atoms with Crippen molar-refractivity contribution >= 4 is 23.4 Å². The van der Waals surface area contributed by atoms with Crippen LogP contribution in [0.4, 0.5) is 5.69 Å². The van der Waals surface area contributed by atoms with Gasteiger partial charge in [-0.1, -0.05) is 72.4 Å². The van der Waals surface area contributed by atoms with Gasteiger partial charge in [-0.05, 0) is 29.8 Å². The summed E-state index contributed by atoms with van der Waals surface area (Å²) in [5.74, 6) is 1.27. The number of benzene rings is 3. The number of fused-ring (bicyclic) bond motifs is 1. The molecule has 5 rings (SSSR count). The van der Waals surface area contributed by atoms with Crippen LogP contribution in [0.3, 0.4) is 0 Å². The summed E-state index contributed by atoms with van der Waals surface area (Å²) in [6.07, 6.45) is 0. The predicted molar refractivity (Wildman–Crippen MR) is 119 cm³/mol. The Hall–Kier alpha value is -3.58. The van der Waals surface area contributed by atoms with Crippen molar-refractivity contribution in [3.05, 3.63) is 90.5 Å². The Labute approximate surface area is 183 Å². The fourth-order valence-electron chi connectivity index (χ4n) is 3.58. The number of rotatable bonds is 5. The van der Waals surface area contributed by atoms with Gasteiger partial charge in [-0.15, -0.1) is 10.2 Å². The Bertz CT molecular complexity index is 1180. The molecule has 0 radical (unpaired) electrons. The summed E-state index contributed by atoms with van der Waals surface area (Å²) in [4.78, 5) is 15.2. The number of aromatic nitrogens is 2. The molecule has 1 atom stereocenters. The number of hydrogen-bond donors (Lipinski definition) is 0. The number of carbonyl (C=O) groups excluding carboxylic acids is 1. The topological polar surface area (TPSA) is 68.5 Å². The van der Waals surface area contributed by atoms with Gasteiger partial charge in [-0.2, -0.15) is 0 Å². The monoisotopic (exact) mass is 429 g/mol. The highest BCUT2D eigenvalue weighted by molar-refractivity contribution is 7.99. The fraction of sp³-hybridized carbons (Fsp3) is 0.125. The zero-order chi connectivity index (χ0) is 21.0. The van der Waals surface area contributed by atoms with Crippen molar-refractivity contribution in [2.24, 2.45) is 0 Å². The minimum atomic E-state index is -0.202. The van der Waals surface area contributed by atoms with Crippen molar-refractivity contribution < 1.29 is 13.9 Å². The maximum atomic E-state index is 13.4. The van der Waals surface area contributed by atoms with Gasteiger partial charge in [0.2, 0.25) is 11.8 Å². The number of hydrogen-bond acceptors (Lipinski definition) is 6. The quantitative estimate of drug-likeness (QED) is 0.416. The molecule has 0 aliphatic carbocycles. The molecule has 2 heterocycles. The van der Waals surface area contributed by atoms with E-state index in [0.29, 0.717) is 23.5 Å². The minimum absolute atomic E-state index is 0.0472. The molecule has 154 valence electrons. The highest BCUT2D eigenvalue weighted by atomic mass is 32.2. The number of ether oxygens (including phenoxy) is 1. The van der Waals surface area contributed by atoms with Crippen molar-refractivity contribution in [3.63, 3.8) is 0 Å². The van der Waals surface area contributed by atoms with E-state index in [0.717, 1.165) is 16.8 Å². The Morgan fingerprint density at radius 2 is 1.65 bits per heavy atom. The lowest BCUT2D eigenvalue weighted by molar-refractivity contribution is -0.117. The van der Waals surface area contributed by atoms with Gasteiger partial charge in [0, 0.05) is 5.56 Å². The summed E-state index contributed by atoms with van der Waals surface area (Å²) >= 11 is 1.24. The van der Waals surface area contributed by atoms with Crippen LogP contribution in [-0.2, 0) is 4.79 Å². The van der Waals surface area contributed by atoms with Gasteiger partial charge >= 0.3 is 0 Å². The van der Waals surface area contributed by atoms with Crippen LogP contribution < -0.4 is 9.64 Å². The molecule has 4 aromatic rings. The molecule has 0 fully saturated rings. The lowest BCUT2D eigenvalue weighted by Crippen LogP contribution is -2.42. The molecule has 0 saturated heterocycles. The third-order valence-corrected chi connectivity index (χ3v) is 5.84. The summed E-state index contributed by atoms with van der Waals surface area (Å²) in [6, 6.07) is 26.9. The molecule has 0 spiro atoms. The Morgan fingerprint density at radius 1 is 0.935 bits per heavy atom. The van der Waals surface area contributed by atoms with Crippen molar-refractivity contribution in [2.45, 2.75) is 11.3 Å². The van der Waals surface area contributed by atoms with E-state index < -0.39 is 0 Å². The van der Waals surface area contributed by atoms with E-state index in [1.807, 2.05) is 89.8 Å². The van der Waals surface area contributed by atoms with Gasteiger partial charge in [-0.3, -0.25) is 9.69 Å². The van der Waals surface area contributed by atoms with Crippen LogP contribution in [-0.4, -0.2) is 28.5 Å². The van der Waals surface area contributed by atoms with E-state index in [4.69, 9.17) is 9.15 Å². The molecule has 31 heavy (non-hydrogen) atoms. The molecule has 0 unspecified atom stereocenters. The Kier molecular flexibility index (Phi) is 5.41. The highest BCUT2D eigenvalue weighted by Gasteiger charge is 2.33. The second-order valence-electron chi connectivity index (χ2n) is 7.00. The number of thioether (sulfide) groups is 1. The molecule has 6 nitrogen and oxygen atoms in total. The van der Waals surface area contributed by atoms with Gasteiger partial charge in [0.15, 0.2) is 0 Å². The molecule has 1 aliphatic rings. The summed E-state index contributed by atoms with van der Waals surface area (Å²) in [6.45, 7) is 0.399. The molecule has 0 N–H and O–H groups in total. The average molecular weight is 430 g/mol. The molecule has 1 aromatic heterocycles. The number of amides is 1. The van der Waals surface area contributed by atoms with Crippen LogP contribution >= 0.6 is 11.8 Å². The third-order valence-electron chi connectivity index (χ3n) is 5.03. The van der Waals surface area contributed by atoms with Crippen molar-refractivity contribution in [1.82, 2.24) is 10.2 Å². The SMILES string of the molecule is O=C(CSc1nnc(-c2ccccc2)o1)N1c2ccccc2OC[C@H]1c1ccccc1. The molecular formula is C24H19N3O3S. The van der Waals surface area contributed by atoms with Crippen LogP contribution in [0.2, 0.25) is 0 Å². The summed E-state index contributed by atoms with van der Waals surface area (Å²) in [5, 5.41) is 8.54. The number of anilines is 1. The van der Waals surface area contributed by atoms with Crippen molar-refractivity contribution in [3.8, 4) is 17.2 Å². The van der Waals surface area contributed by atoms with E-state index in [-0.39, 0.29) is 17.7 Å². The molecule has 1 amide bonds. The lowest BCUT2D eigenvalue weighted by atomic mass is 10.0. The molecule has 7 heteroatoms. The lowest BCUT2D eigenvalue weighted by Gasteiger charge is -2.37. The second-order valence-corrected chi connectivity index (χ2v) is 7.92. The molecule has 0 saturated carbocycles. The number of para-hydroxylation sites is 2. The zero-order valence-electron chi connectivity index (χ0n) is 16.5. The van der Waals surface area contributed by atoms with Crippen LogP contribution in [0.1, 0.15) is 11.6 Å². The number of nitrogens with zero attached hydrogens (tertiary/aromatic N) is 3. The summed E-state index contributed by atoms with van der Waals surface area (Å²) in [7, 11) is 0. The Morgan fingerprint density at radius 3 is 2.45 bits per heavy atom. The van der Waals surface area contributed by atoms with Crippen molar-refractivity contribution in [1.29, 1.82) is 0 Å². The van der Waals surface area contributed by atoms with Crippen LogP contribution in [0, 0.1) is 0 Å². The first kappa shape index (κ1) is 19.4. The van der Waals surface area contributed by atoms with Crippen molar-refractivity contribution in [2.75, 3.05) is 17.3 Å². The van der Waals surface area contributed by atoms with Gasteiger partial charge in [-0.25, -0.2) is 0 Å². The smallest absolute Gasteiger partial charge is 0.277 e. The van der Waals surface area contributed by atoms with E-state index in [1.165, 1.54) is 11.8 Å².